The molecule has 2 N–H and O–H groups in total. The Morgan fingerprint density at radius 2 is 0.812 bits per heavy atom. The van der Waals surface area contributed by atoms with Gasteiger partial charge in [-0.15, -0.1) is 12.4 Å². The third-order valence-corrected chi connectivity index (χ3v) is 16.4. The van der Waals surface area contributed by atoms with Gasteiger partial charge in [0.15, 0.2) is 0 Å². The third-order valence-electron chi connectivity index (χ3n) is 6.42. The van der Waals surface area contributed by atoms with Gasteiger partial charge in [-0.25, -0.2) is 0 Å². The molecule has 0 radical (unpaired) electrons. The van der Waals surface area contributed by atoms with Crippen LogP contribution in [-0.4, -0.2) is 12.7 Å². The van der Waals surface area contributed by atoms with Crippen molar-refractivity contribution in [3.8, 4) is 0 Å². The van der Waals surface area contributed by atoms with Crippen LogP contribution in [0.1, 0.15) is 51.4 Å². The SMILES string of the molecule is Cl.NCCCCCCCCCCP(Br)(c1ccccc1)(c1ccccc1)c1ccccc1. The van der Waals surface area contributed by atoms with Gasteiger partial charge in [0.1, 0.15) is 0 Å². The van der Waals surface area contributed by atoms with Gasteiger partial charge < -0.3 is 0 Å². The van der Waals surface area contributed by atoms with E-state index in [-0.39, 0.29) is 12.4 Å². The Morgan fingerprint density at radius 3 is 1.16 bits per heavy atom. The van der Waals surface area contributed by atoms with E-state index in [9.17, 15) is 0 Å². The zero-order valence-corrected chi connectivity index (χ0v) is 22.3. The van der Waals surface area contributed by atoms with Crippen molar-refractivity contribution in [3.05, 3.63) is 91.0 Å². The number of halogens is 2. The van der Waals surface area contributed by atoms with Crippen molar-refractivity contribution in [1.29, 1.82) is 0 Å². The van der Waals surface area contributed by atoms with Gasteiger partial charge >= 0.3 is 198 Å². The van der Waals surface area contributed by atoms with Crippen molar-refractivity contribution < 1.29 is 0 Å². The van der Waals surface area contributed by atoms with E-state index in [1.54, 1.807) is 0 Å². The van der Waals surface area contributed by atoms with Crippen LogP contribution in [0.15, 0.2) is 91.0 Å². The Bertz CT molecular complexity index is 790. The number of hydrogen-bond acceptors (Lipinski definition) is 1. The second-order valence-electron chi connectivity index (χ2n) is 8.53. The molecule has 3 rings (SSSR count). The van der Waals surface area contributed by atoms with E-state index in [1.165, 1.54) is 67.3 Å². The molecule has 0 aliphatic carbocycles. The van der Waals surface area contributed by atoms with Crippen molar-refractivity contribution in [1.82, 2.24) is 0 Å². The van der Waals surface area contributed by atoms with E-state index in [1.807, 2.05) is 0 Å². The van der Waals surface area contributed by atoms with Gasteiger partial charge in [-0.05, 0) is 0 Å². The van der Waals surface area contributed by atoms with Crippen LogP contribution < -0.4 is 21.6 Å². The average molecular weight is 535 g/mol. The number of hydrogen-bond donors (Lipinski definition) is 1. The molecule has 174 valence electrons. The second kappa shape index (κ2) is 13.5. The van der Waals surface area contributed by atoms with Crippen LogP contribution in [0.5, 0.6) is 0 Å². The molecule has 0 aliphatic rings. The van der Waals surface area contributed by atoms with Crippen molar-refractivity contribution in [3.63, 3.8) is 0 Å². The molecule has 1 nitrogen and oxygen atoms in total. The van der Waals surface area contributed by atoms with Gasteiger partial charge in [-0.2, -0.15) is 0 Å². The zero-order valence-electron chi connectivity index (χ0n) is 19.0. The van der Waals surface area contributed by atoms with Crippen molar-refractivity contribution in [2.45, 2.75) is 51.4 Å². The average Bonchev–Trinajstić information content (AvgIpc) is 2.84. The van der Waals surface area contributed by atoms with Gasteiger partial charge in [0.25, 0.3) is 0 Å². The molecule has 0 fully saturated rings. The summed E-state index contributed by atoms with van der Waals surface area (Å²) in [4.78, 5) is 0. The minimum atomic E-state index is -2.72. The molecule has 0 saturated carbocycles. The van der Waals surface area contributed by atoms with E-state index in [2.05, 4.69) is 106 Å². The number of benzene rings is 3. The van der Waals surface area contributed by atoms with Crippen LogP contribution in [0.2, 0.25) is 0 Å². The summed E-state index contributed by atoms with van der Waals surface area (Å²) in [5.41, 5.74) is 5.61. The predicted molar refractivity (Wildman–Crippen MR) is 152 cm³/mol. The standard InChI is InChI=1S/C28H37BrNP.ClH/c29-31(26-18-10-7-11-19-26,27-20-12-8-13-21-27,28-22-14-9-15-23-28)25-17-6-4-2-1-3-5-16-24-30;/h7-15,18-23H,1-6,16-17,24-25,30H2;1H. The molecule has 0 bridgehead atoms. The maximum atomic E-state index is 5.61. The molecule has 0 heterocycles. The van der Waals surface area contributed by atoms with Crippen LogP contribution in [0.25, 0.3) is 0 Å². The summed E-state index contributed by atoms with van der Waals surface area (Å²) in [6.45, 7) is 0.830. The molecule has 0 aliphatic heterocycles. The second-order valence-corrected chi connectivity index (χ2v) is 17.6. The van der Waals surface area contributed by atoms with E-state index in [4.69, 9.17) is 5.73 Å². The van der Waals surface area contributed by atoms with Crippen LogP contribution in [-0.2, 0) is 0 Å². The van der Waals surface area contributed by atoms with E-state index < -0.39 is 5.31 Å². The Labute approximate surface area is 209 Å². The summed E-state index contributed by atoms with van der Waals surface area (Å²) in [5.74, 6) is 0. The first kappa shape index (κ1) is 27.1. The Balaban J connectivity index is 0.00000363. The number of rotatable bonds is 13. The first-order chi connectivity index (χ1) is 15.2. The fourth-order valence-corrected chi connectivity index (χ4v) is 12.4. The van der Waals surface area contributed by atoms with Gasteiger partial charge in [-0.3, -0.25) is 0 Å². The molecule has 0 amide bonds. The van der Waals surface area contributed by atoms with Gasteiger partial charge in [0.2, 0.25) is 0 Å². The monoisotopic (exact) mass is 533 g/mol. The van der Waals surface area contributed by atoms with Crippen LogP contribution >= 0.6 is 33.2 Å². The topological polar surface area (TPSA) is 26.0 Å². The maximum absolute atomic E-state index is 5.61. The Kier molecular flexibility index (Phi) is 11.4. The Hall–Kier alpha value is -1.18. The van der Waals surface area contributed by atoms with Gasteiger partial charge in [-0.1, -0.05) is 0 Å². The van der Waals surface area contributed by atoms with Gasteiger partial charge in [0.05, 0.1) is 0 Å². The normalized spacial score (nSPS) is 12.5. The van der Waals surface area contributed by atoms with Crippen LogP contribution in [0, 0.1) is 0 Å². The third kappa shape index (κ3) is 6.23. The molecule has 0 spiro atoms. The quantitative estimate of drug-likeness (QED) is 0.180. The molecule has 0 atom stereocenters. The van der Waals surface area contributed by atoms with Crippen LogP contribution in [0.3, 0.4) is 0 Å². The number of nitrogens with two attached hydrogens (primary N) is 1. The summed E-state index contributed by atoms with van der Waals surface area (Å²) in [6.07, 6.45) is 11.4. The van der Waals surface area contributed by atoms with E-state index in [0.717, 1.165) is 12.7 Å². The molecule has 3 aromatic carbocycles. The summed E-state index contributed by atoms with van der Waals surface area (Å²) >= 11 is 4.55. The van der Waals surface area contributed by atoms with Crippen molar-refractivity contribution in [2.24, 2.45) is 5.73 Å². The fraction of sp³-hybridized carbons (Fsp3) is 0.357. The molecule has 3 aromatic rings. The fourth-order valence-electron chi connectivity index (χ4n) is 4.66. The van der Waals surface area contributed by atoms with Crippen molar-refractivity contribution in [2.75, 3.05) is 12.7 Å². The summed E-state index contributed by atoms with van der Waals surface area (Å²) in [7, 11) is 0. The Morgan fingerprint density at radius 1 is 0.500 bits per heavy atom. The zero-order chi connectivity index (χ0) is 21.9. The summed E-state index contributed by atoms with van der Waals surface area (Å²) in [5, 5.41) is 1.55. The molecule has 4 heteroatoms. The number of unbranched alkanes of at least 4 members (excludes halogenated alkanes) is 7. The predicted octanol–water partition coefficient (Wildman–Crippen LogP) is 7.33. The molecular weight excluding hydrogens is 497 g/mol. The summed E-state index contributed by atoms with van der Waals surface area (Å²) in [6, 6.07) is 33.4. The summed E-state index contributed by atoms with van der Waals surface area (Å²) < 4.78 is 0. The van der Waals surface area contributed by atoms with Crippen molar-refractivity contribution >= 4 is 49.1 Å². The first-order valence-corrected chi connectivity index (χ1v) is 16.2. The first-order valence-electron chi connectivity index (χ1n) is 11.8. The molecule has 32 heavy (non-hydrogen) atoms. The van der Waals surface area contributed by atoms with E-state index in [0.29, 0.717) is 0 Å². The van der Waals surface area contributed by atoms with E-state index >= 15 is 0 Å². The molecule has 0 saturated heterocycles. The van der Waals surface area contributed by atoms with Gasteiger partial charge in [0, 0.05) is 0 Å². The molecule has 0 unspecified atom stereocenters. The molecular formula is C28H38BrClNP. The van der Waals surface area contributed by atoms with Crippen LogP contribution in [0.4, 0.5) is 0 Å². The minimum absolute atomic E-state index is 0. The molecule has 0 aromatic heterocycles.